The summed E-state index contributed by atoms with van der Waals surface area (Å²) in [5.74, 6) is -0.183. The van der Waals surface area contributed by atoms with Crippen LogP contribution >= 0.6 is 11.6 Å². The molecule has 1 saturated heterocycles. The van der Waals surface area contributed by atoms with E-state index in [9.17, 15) is 4.39 Å². The molecule has 1 atom stereocenters. The molecule has 1 aromatic carbocycles. The van der Waals surface area contributed by atoms with Gasteiger partial charge in [0.1, 0.15) is 11.0 Å². The van der Waals surface area contributed by atoms with E-state index in [2.05, 4.69) is 16.9 Å². The summed E-state index contributed by atoms with van der Waals surface area (Å²) in [7, 11) is 1.88. The van der Waals surface area contributed by atoms with Crippen molar-refractivity contribution in [3.05, 3.63) is 52.1 Å². The molecule has 0 radical (unpaired) electrons. The Bertz CT molecular complexity index is 651. The van der Waals surface area contributed by atoms with Crippen LogP contribution < -0.4 is 0 Å². The first-order chi connectivity index (χ1) is 10.6. The van der Waals surface area contributed by atoms with Gasteiger partial charge < -0.3 is 0 Å². The SMILES string of the molecule is CCc1nn(C)c(Cl)c1CN1CCCC1c1ccc(F)cc1. The van der Waals surface area contributed by atoms with Gasteiger partial charge in [0.2, 0.25) is 0 Å². The first kappa shape index (κ1) is 15.5. The quantitative estimate of drug-likeness (QED) is 0.845. The van der Waals surface area contributed by atoms with Crippen molar-refractivity contribution in [2.45, 2.75) is 38.8 Å². The van der Waals surface area contributed by atoms with E-state index in [0.29, 0.717) is 6.04 Å². The molecular formula is C17H21ClFN3. The molecule has 0 bridgehead atoms. The maximum absolute atomic E-state index is 13.1. The molecule has 1 unspecified atom stereocenters. The summed E-state index contributed by atoms with van der Waals surface area (Å²) in [5, 5.41) is 5.21. The molecule has 0 amide bonds. The second kappa shape index (κ2) is 6.39. The Morgan fingerprint density at radius 2 is 2.05 bits per heavy atom. The standard InChI is InChI=1S/C17H21ClFN3/c1-3-15-14(17(18)21(2)20-15)11-22-10-4-5-16(22)12-6-8-13(19)9-7-12/h6-9,16H,3-5,10-11H2,1-2H3. The third-order valence-corrected chi connectivity index (χ3v) is 4.94. The molecule has 2 heterocycles. The molecule has 5 heteroatoms. The summed E-state index contributed by atoms with van der Waals surface area (Å²) >= 11 is 6.41. The van der Waals surface area contributed by atoms with Gasteiger partial charge in [-0.05, 0) is 43.5 Å². The first-order valence-electron chi connectivity index (χ1n) is 7.80. The van der Waals surface area contributed by atoms with Gasteiger partial charge in [-0.3, -0.25) is 9.58 Å². The largest absolute Gasteiger partial charge is 0.292 e. The number of aromatic nitrogens is 2. The van der Waals surface area contributed by atoms with E-state index in [0.717, 1.165) is 48.8 Å². The molecule has 1 aliphatic rings. The van der Waals surface area contributed by atoms with Crippen LogP contribution in [0.4, 0.5) is 4.39 Å². The third kappa shape index (κ3) is 2.90. The Balaban J connectivity index is 1.84. The molecule has 0 aliphatic carbocycles. The van der Waals surface area contributed by atoms with Crippen LogP contribution in [0.15, 0.2) is 24.3 Å². The molecule has 1 aliphatic heterocycles. The second-order valence-electron chi connectivity index (χ2n) is 5.87. The van der Waals surface area contributed by atoms with E-state index in [1.165, 1.54) is 5.56 Å². The van der Waals surface area contributed by atoms with Gasteiger partial charge in [0.25, 0.3) is 0 Å². The van der Waals surface area contributed by atoms with E-state index in [1.54, 1.807) is 16.8 Å². The summed E-state index contributed by atoms with van der Waals surface area (Å²) in [4.78, 5) is 2.43. The van der Waals surface area contributed by atoms with Gasteiger partial charge in [-0.15, -0.1) is 0 Å². The minimum Gasteiger partial charge on any atom is -0.292 e. The number of likely N-dealkylation sites (tertiary alicyclic amines) is 1. The molecule has 1 aromatic heterocycles. The fraction of sp³-hybridized carbons (Fsp3) is 0.471. The molecule has 3 nitrogen and oxygen atoms in total. The monoisotopic (exact) mass is 321 g/mol. The molecule has 118 valence electrons. The normalized spacial score (nSPS) is 19.0. The summed E-state index contributed by atoms with van der Waals surface area (Å²) in [6, 6.07) is 7.20. The predicted octanol–water partition coefficient (Wildman–Crippen LogP) is 4.11. The lowest BCUT2D eigenvalue weighted by Crippen LogP contribution is -2.23. The van der Waals surface area contributed by atoms with Crippen LogP contribution in [-0.4, -0.2) is 21.2 Å². The summed E-state index contributed by atoms with van der Waals surface area (Å²) in [6.45, 7) is 3.94. The Kier molecular flexibility index (Phi) is 4.50. The van der Waals surface area contributed by atoms with Crippen molar-refractivity contribution in [3.63, 3.8) is 0 Å². The van der Waals surface area contributed by atoms with E-state index < -0.39 is 0 Å². The second-order valence-corrected chi connectivity index (χ2v) is 6.23. The van der Waals surface area contributed by atoms with Crippen molar-refractivity contribution in [2.24, 2.45) is 7.05 Å². The lowest BCUT2D eigenvalue weighted by atomic mass is 10.0. The predicted molar refractivity (Wildman–Crippen MR) is 86.4 cm³/mol. The van der Waals surface area contributed by atoms with Gasteiger partial charge in [-0.1, -0.05) is 30.7 Å². The van der Waals surface area contributed by atoms with Crippen molar-refractivity contribution in [1.29, 1.82) is 0 Å². The maximum Gasteiger partial charge on any atom is 0.131 e. The first-order valence-corrected chi connectivity index (χ1v) is 8.17. The zero-order valence-corrected chi connectivity index (χ0v) is 13.8. The Labute approximate surface area is 135 Å². The fourth-order valence-corrected chi connectivity index (χ4v) is 3.53. The van der Waals surface area contributed by atoms with Crippen molar-refractivity contribution >= 4 is 11.6 Å². The Morgan fingerprint density at radius 1 is 1.32 bits per heavy atom. The number of hydrogen-bond acceptors (Lipinski definition) is 2. The summed E-state index contributed by atoms with van der Waals surface area (Å²) in [5.41, 5.74) is 3.37. The summed E-state index contributed by atoms with van der Waals surface area (Å²) in [6.07, 6.45) is 3.14. The van der Waals surface area contributed by atoms with Crippen LogP contribution in [0.25, 0.3) is 0 Å². The summed E-state index contributed by atoms with van der Waals surface area (Å²) < 4.78 is 14.9. The lowest BCUT2D eigenvalue weighted by Gasteiger charge is -2.25. The van der Waals surface area contributed by atoms with E-state index in [-0.39, 0.29) is 5.82 Å². The fourth-order valence-electron chi connectivity index (χ4n) is 3.32. The molecule has 0 spiro atoms. The maximum atomic E-state index is 13.1. The molecular weight excluding hydrogens is 301 g/mol. The van der Waals surface area contributed by atoms with Crippen LogP contribution in [0.1, 0.15) is 42.6 Å². The minimum absolute atomic E-state index is 0.183. The highest BCUT2D eigenvalue weighted by molar-refractivity contribution is 6.30. The van der Waals surface area contributed by atoms with Crippen LogP contribution in [0.2, 0.25) is 5.15 Å². The van der Waals surface area contributed by atoms with Gasteiger partial charge in [0.15, 0.2) is 0 Å². The molecule has 0 saturated carbocycles. The van der Waals surface area contributed by atoms with Gasteiger partial charge in [0, 0.05) is 25.2 Å². The number of benzene rings is 1. The van der Waals surface area contributed by atoms with Crippen molar-refractivity contribution < 1.29 is 4.39 Å². The zero-order valence-electron chi connectivity index (χ0n) is 13.0. The van der Waals surface area contributed by atoms with Crippen molar-refractivity contribution in [3.8, 4) is 0 Å². The Morgan fingerprint density at radius 3 is 2.73 bits per heavy atom. The van der Waals surface area contributed by atoms with Gasteiger partial charge in [-0.25, -0.2) is 4.39 Å². The van der Waals surface area contributed by atoms with E-state index >= 15 is 0 Å². The number of nitrogens with zero attached hydrogens (tertiary/aromatic N) is 3. The molecule has 22 heavy (non-hydrogen) atoms. The molecule has 0 N–H and O–H groups in total. The van der Waals surface area contributed by atoms with Crippen LogP contribution in [0, 0.1) is 5.82 Å². The number of halogens is 2. The van der Waals surface area contributed by atoms with E-state index in [1.807, 2.05) is 19.2 Å². The molecule has 3 rings (SSSR count). The minimum atomic E-state index is -0.183. The van der Waals surface area contributed by atoms with Gasteiger partial charge >= 0.3 is 0 Å². The topological polar surface area (TPSA) is 21.1 Å². The van der Waals surface area contributed by atoms with Crippen molar-refractivity contribution in [2.75, 3.05) is 6.54 Å². The highest BCUT2D eigenvalue weighted by Gasteiger charge is 2.28. The van der Waals surface area contributed by atoms with Gasteiger partial charge in [0.05, 0.1) is 5.69 Å². The molecule has 2 aromatic rings. The third-order valence-electron chi connectivity index (χ3n) is 4.47. The number of rotatable bonds is 4. The van der Waals surface area contributed by atoms with Gasteiger partial charge in [-0.2, -0.15) is 5.10 Å². The highest BCUT2D eigenvalue weighted by atomic mass is 35.5. The van der Waals surface area contributed by atoms with Crippen molar-refractivity contribution in [1.82, 2.24) is 14.7 Å². The Hall–Kier alpha value is -1.39. The van der Waals surface area contributed by atoms with Crippen LogP contribution in [0.5, 0.6) is 0 Å². The lowest BCUT2D eigenvalue weighted by molar-refractivity contribution is 0.248. The highest BCUT2D eigenvalue weighted by Crippen LogP contribution is 2.34. The average molecular weight is 322 g/mol. The number of aryl methyl sites for hydroxylation is 2. The van der Waals surface area contributed by atoms with E-state index in [4.69, 9.17) is 11.6 Å². The van der Waals surface area contributed by atoms with Crippen LogP contribution in [0.3, 0.4) is 0 Å². The smallest absolute Gasteiger partial charge is 0.131 e. The molecule has 1 fully saturated rings. The zero-order chi connectivity index (χ0) is 15.7. The van der Waals surface area contributed by atoms with Crippen LogP contribution in [-0.2, 0) is 20.0 Å². The average Bonchev–Trinajstić information content (AvgIpc) is 3.08. The number of hydrogen-bond donors (Lipinski definition) is 0.